The Labute approximate surface area is 141 Å². The average molecular weight is 331 g/mol. The van der Waals surface area contributed by atoms with Gasteiger partial charge in [0, 0.05) is 17.3 Å². The van der Waals surface area contributed by atoms with E-state index in [4.69, 9.17) is 4.74 Å². The fraction of sp³-hybridized carbons (Fsp3) is 0.412. The van der Waals surface area contributed by atoms with Gasteiger partial charge in [-0.15, -0.1) is 0 Å². The number of benzene rings is 1. The predicted octanol–water partition coefficient (Wildman–Crippen LogP) is 3.25. The Morgan fingerprint density at radius 1 is 1.48 bits per heavy atom. The first-order valence-electron chi connectivity index (χ1n) is 7.88. The van der Waals surface area contributed by atoms with Crippen LogP contribution in [0.1, 0.15) is 54.3 Å². The second-order valence-corrected chi connectivity index (χ2v) is 6.29. The Bertz CT molecular complexity index is 712. The Balaban J connectivity index is 1.94. The molecule has 1 aromatic carbocycles. The summed E-state index contributed by atoms with van der Waals surface area (Å²) in [5.41, 5.74) is 3.78. The van der Waals surface area contributed by atoms with Crippen LogP contribution in [0.2, 0.25) is 0 Å². The van der Waals surface area contributed by atoms with Crippen LogP contribution >= 0.6 is 12.8 Å². The average Bonchev–Trinajstić information content (AvgIpc) is 2.98. The molecule has 0 saturated carbocycles. The standard InChI is InChI=1S/C17H21N3O2S/c1-11(2)22-17(21)12-5-3-6-13(9-12)20-16-8-4-7-15(19-23)14(16)10-18-20/h3,5-6,9-11,15,19,23H,4,7-8H2,1-2H3/t15-/m1/s1. The Hall–Kier alpha value is -1.79. The Morgan fingerprint density at radius 3 is 3.04 bits per heavy atom. The van der Waals surface area contributed by atoms with Crippen molar-refractivity contribution in [1.82, 2.24) is 14.5 Å². The van der Waals surface area contributed by atoms with Crippen molar-refractivity contribution in [3.63, 3.8) is 0 Å². The summed E-state index contributed by atoms with van der Waals surface area (Å²) in [6.07, 6.45) is 4.88. The van der Waals surface area contributed by atoms with Crippen LogP contribution in [0, 0.1) is 0 Å². The molecule has 0 saturated heterocycles. The monoisotopic (exact) mass is 331 g/mol. The van der Waals surface area contributed by atoms with Crippen molar-refractivity contribution in [2.75, 3.05) is 0 Å². The SMILES string of the molecule is CC(C)OC(=O)c1cccc(-n2ncc3c2CCC[C@H]3NS)c1. The van der Waals surface area contributed by atoms with Crippen molar-refractivity contribution in [2.24, 2.45) is 0 Å². The van der Waals surface area contributed by atoms with Gasteiger partial charge in [0.1, 0.15) is 0 Å². The molecule has 6 heteroatoms. The number of hydrogen-bond acceptors (Lipinski definition) is 5. The molecule has 0 amide bonds. The summed E-state index contributed by atoms with van der Waals surface area (Å²) in [5, 5.41) is 4.52. The lowest BCUT2D eigenvalue weighted by Gasteiger charge is -2.22. The molecule has 1 aromatic heterocycles. The highest BCUT2D eigenvalue weighted by Gasteiger charge is 2.24. The molecule has 1 N–H and O–H groups in total. The number of carbonyl (C=O) groups is 1. The van der Waals surface area contributed by atoms with Gasteiger partial charge in [-0.2, -0.15) is 5.10 Å². The molecular formula is C17H21N3O2S. The van der Waals surface area contributed by atoms with E-state index < -0.39 is 0 Å². The Kier molecular flexibility index (Phi) is 4.73. The molecule has 122 valence electrons. The van der Waals surface area contributed by atoms with Gasteiger partial charge in [0.05, 0.1) is 23.6 Å². The summed E-state index contributed by atoms with van der Waals surface area (Å²) in [5.74, 6) is -0.308. The third-order valence-electron chi connectivity index (χ3n) is 4.01. The van der Waals surface area contributed by atoms with Gasteiger partial charge in [-0.05, 0) is 51.3 Å². The summed E-state index contributed by atoms with van der Waals surface area (Å²) in [6.45, 7) is 3.69. The van der Waals surface area contributed by atoms with Crippen LogP contribution < -0.4 is 4.72 Å². The lowest BCUT2D eigenvalue weighted by molar-refractivity contribution is 0.0378. The largest absolute Gasteiger partial charge is 0.459 e. The van der Waals surface area contributed by atoms with Crippen LogP contribution in [0.15, 0.2) is 30.5 Å². The lowest BCUT2D eigenvalue weighted by atomic mass is 9.93. The highest BCUT2D eigenvalue weighted by Crippen LogP contribution is 2.31. The molecule has 1 aliphatic rings. The Morgan fingerprint density at radius 2 is 2.30 bits per heavy atom. The van der Waals surface area contributed by atoms with E-state index in [1.165, 1.54) is 11.3 Å². The van der Waals surface area contributed by atoms with E-state index in [1.54, 1.807) is 6.07 Å². The fourth-order valence-corrected chi connectivity index (χ4v) is 3.23. The smallest absolute Gasteiger partial charge is 0.338 e. The van der Waals surface area contributed by atoms with Gasteiger partial charge < -0.3 is 4.74 Å². The number of thiol groups is 1. The molecule has 0 aliphatic heterocycles. The summed E-state index contributed by atoms with van der Waals surface area (Å²) in [6, 6.07) is 7.64. The normalized spacial score (nSPS) is 17.1. The maximum absolute atomic E-state index is 12.1. The van der Waals surface area contributed by atoms with Crippen molar-refractivity contribution >= 4 is 18.8 Å². The van der Waals surface area contributed by atoms with Crippen LogP contribution in [-0.4, -0.2) is 21.9 Å². The lowest BCUT2D eigenvalue weighted by Crippen LogP contribution is -2.19. The molecule has 3 rings (SSSR count). The topological polar surface area (TPSA) is 56.2 Å². The third-order valence-corrected chi connectivity index (χ3v) is 4.32. The molecule has 2 aromatic rings. The number of ether oxygens (including phenoxy) is 1. The van der Waals surface area contributed by atoms with Crippen LogP contribution in [0.4, 0.5) is 0 Å². The van der Waals surface area contributed by atoms with Gasteiger partial charge >= 0.3 is 5.97 Å². The highest BCUT2D eigenvalue weighted by molar-refractivity contribution is 7.78. The number of aromatic nitrogens is 2. The molecule has 1 heterocycles. The first kappa shape index (κ1) is 16.1. The first-order chi connectivity index (χ1) is 11.1. The first-order valence-corrected chi connectivity index (χ1v) is 8.32. The highest BCUT2D eigenvalue weighted by atomic mass is 32.1. The van der Waals surface area contributed by atoms with E-state index in [2.05, 4.69) is 22.6 Å². The molecule has 0 spiro atoms. The molecule has 0 radical (unpaired) electrons. The minimum absolute atomic E-state index is 0.133. The van der Waals surface area contributed by atoms with E-state index in [0.29, 0.717) is 5.56 Å². The number of fused-ring (bicyclic) bond motifs is 1. The van der Waals surface area contributed by atoms with Crippen molar-refractivity contribution in [2.45, 2.75) is 45.3 Å². The molecule has 23 heavy (non-hydrogen) atoms. The van der Waals surface area contributed by atoms with Gasteiger partial charge in [-0.3, -0.25) is 4.72 Å². The number of nitrogens with zero attached hydrogens (tertiary/aromatic N) is 2. The second kappa shape index (κ2) is 6.76. The molecule has 0 fully saturated rings. The van der Waals surface area contributed by atoms with E-state index in [-0.39, 0.29) is 18.1 Å². The van der Waals surface area contributed by atoms with Gasteiger partial charge in [-0.1, -0.05) is 18.9 Å². The molecular weight excluding hydrogens is 310 g/mol. The maximum atomic E-state index is 12.1. The van der Waals surface area contributed by atoms with E-state index >= 15 is 0 Å². The number of hydrogen-bond donors (Lipinski definition) is 2. The van der Waals surface area contributed by atoms with Crippen molar-refractivity contribution in [1.29, 1.82) is 0 Å². The third kappa shape index (κ3) is 3.28. The fourth-order valence-electron chi connectivity index (χ4n) is 2.96. The van der Waals surface area contributed by atoms with E-state index in [9.17, 15) is 4.79 Å². The number of rotatable bonds is 4. The minimum Gasteiger partial charge on any atom is -0.459 e. The van der Waals surface area contributed by atoms with E-state index in [0.717, 1.165) is 24.9 Å². The van der Waals surface area contributed by atoms with Gasteiger partial charge in [0.15, 0.2) is 0 Å². The predicted molar refractivity (Wildman–Crippen MR) is 91.9 cm³/mol. The van der Waals surface area contributed by atoms with Crippen LogP contribution in [0.3, 0.4) is 0 Å². The van der Waals surface area contributed by atoms with Gasteiger partial charge in [-0.25, -0.2) is 9.48 Å². The number of carbonyl (C=O) groups excluding carboxylic acids is 1. The van der Waals surface area contributed by atoms with Crippen LogP contribution in [-0.2, 0) is 11.2 Å². The zero-order valence-corrected chi connectivity index (χ0v) is 14.2. The summed E-state index contributed by atoms with van der Waals surface area (Å²) in [4.78, 5) is 12.1. The molecule has 1 aliphatic carbocycles. The molecule has 0 unspecified atom stereocenters. The summed E-state index contributed by atoms with van der Waals surface area (Å²) in [7, 11) is 0. The number of esters is 1. The van der Waals surface area contributed by atoms with Crippen molar-refractivity contribution in [3.8, 4) is 5.69 Å². The quantitative estimate of drug-likeness (QED) is 0.667. The summed E-state index contributed by atoms with van der Waals surface area (Å²) < 4.78 is 10.2. The molecule has 1 atom stereocenters. The minimum atomic E-state index is -0.308. The zero-order valence-electron chi connectivity index (χ0n) is 13.3. The van der Waals surface area contributed by atoms with Gasteiger partial charge in [0.25, 0.3) is 0 Å². The molecule has 0 bridgehead atoms. The van der Waals surface area contributed by atoms with Crippen LogP contribution in [0.5, 0.6) is 0 Å². The zero-order chi connectivity index (χ0) is 16.4. The second-order valence-electron chi connectivity index (χ2n) is 6.04. The van der Waals surface area contributed by atoms with E-state index in [1.807, 2.05) is 42.9 Å². The molecule has 5 nitrogen and oxygen atoms in total. The maximum Gasteiger partial charge on any atom is 0.338 e. The van der Waals surface area contributed by atoms with Crippen molar-refractivity contribution < 1.29 is 9.53 Å². The van der Waals surface area contributed by atoms with Crippen molar-refractivity contribution in [3.05, 3.63) is 47.3 Å². The van der Waals surface area contributed by atoms with Gasteiger partial charge in [0.2, 0.25) is 0 Å². The summed E-state index contributed by atoms with van der Waals surface area (Å²) >= 11 is 4.21. The van der Waals surface area contributed by atoms with Crippen LogP contribution in [0.25, 0.3) is 5.69 Å². The number of nitrogens with one attached hydrogen (secondary N) is 1.